The van der Waals surface area contributed by atoms with E-state index in [0.717, 1.165) is 23.2 Å². The molecule has 1 aromatic heterocycles. The maximum atomic E-state index is 12.2. The first kappa shape index (κ1) is 15.5. The van der Waals surface area contributed by atoms with Gasteiger partial charge in [-0.2, -0.15) is 0 Å². The van der Waals surface area contributed by atoms with Crippen LogP contribution in [0.2, 0.25) is 0 Å². The van der Waals surface area contributed by atoms with Gasteiger partial charge < -0.3 is 15.5 Å². The zero-order chi connectivity index (χ0) is 14.7. The van der Waals surface area contributed by atoms with Crippen LogP contribution in [0.4, 0.5) is 0 Å². The van der Waals surface area contributed by atoms with Crippen molar-refractivity contribution in [1.82, 2.24) is 9.80 Å². The third-order valence-electron chi connectivity index (χ3n) is 3.31. The van der Waals surface area contributed by atoms with E-state index in [1.807, 2.05) is 6.07 Å². The van der Waals surface area contributed by atoms with Gasteiger partial charge in [-0.25, -0.2) is 0 Å². The number of carbonyl (C=O) groups is 2. The molecule has 1 atom stereocenters. The highest BCUT2D eigenvalue weighted by Crippen LogP contribution is 2.23. The van der Waals surface area contributed by atoms with Crippen LogP contribution >= 0.6 is 27.3 Å². The van der Waals surface area contributed by atoms with Crippen molar-refractivity contribution in [3.05, 3.63) is 20.8 Å². The first-order valence-electron chi connectivity index (χ1n) is 6.51. The number of amides is 2. The third kappa shape index (κ3) is 3.80. The molecular formula is C13H18BrN3O2S. The highest BCUT2D eigenvalue weighted by molar-refractivity contribution is 9.11. The second-order valence-electron chi connectivity index (χ2n) is 5.01. The van der Waals surface area contributed by atoms with Crippen molar-refractivity contribution in [3.8, 4) is 0 Å². The summed E-state index contributed by atoms with van der Waals surface area (Å²) >= 11 is 4.70. The van der Waals surface area contributed by atoms with Crippen LogP contribution in [-0.2, 0) is 4.79 Å². The number of piperidine rings is 1. The number of nitrogens with two attached hydrogens (primary N) is 1. The predicted molar refractivity (Wildman–Crippen MR) is 82.8 cm³/mol. The number of thiophene rings is 1. The van der Waals surface area contributed by atoms with E-state index in [1.165, 1.54) is 16.2 Å². The summed E-state index contributed by atoms with van der Waals surface area (Å²) in [7, 11) is 1.65. The number of halogens is 1. The Bertz CT molecular complexity index is 506. The summed E-state index contributed by atoms with van der Waals surface area (Å²) in [5, 5.41) is 0. The van der Waals surface area contributed by atoms with Crippen LogP contribution in [0.5, 0.6) is 0 Å². The van der Waals surface area contributed by atoms with Gasteiger partial charge in [-0.15, -0.1) is 11.3 Å². The topological polar surface area (TPSA) is 66.6 Å². The SMILES string of the molecule is CN(CC(=O)N1CCCC(N)C1)C(=O)c1ccc(Br)s1. The Morgan fingerprint density at radius 2 is 2.30 bits per heavy atom. The van der Waals surface area contributed by atoms with Gasteiger partial charge in [0, 0.05) is 26.2 Å². The Kier molecular flexibility index (Phi) is 5.17. The van der Waals surface area contributed by atoms with Gasteiger partial charge in [-0.05, 0) is 40.9 Å². The molecule has 20 heavy (non-hydrogen) atoms. The zero-order valence-electron chi connectivity index (χ0n) is 11.3. The van der Waals surface area contributed by atoms with Crippen LogP contribution in [0.1, 0.15) is 22.5 Å². The number of hydrogen-bond acceptors (Lipinski definition) is 4. The lowest BCUT2D eigenvalue weighted by Crippen LogP contribution is -2.49. The normalized spacial score (nSPS) is 18.9. The lowest BCUT2D eigenvalue weighted by Gasteiger charge is -2.32. The molecule has 2 amide bonds. The lowest BCUT2D eigenvalue weighted by atomic mass is 10.1. The van der Waals surface area contributed by atoms with Crippen LogP contribution < -0.4 is 5.73 Å². The van der Waals surface area contributed by atoms with Gasteiger partial charge in [0.2, 0.25) is 5.91 Å². The van der Waals surface area contributed by atoms with Gasteiger partial charge in [-0.1, -0.05) is 0 Å². The highest BCUT2D eigenvalue weighted by atomic mass is 79.9. The highest BCUT2D eigenvalue weighted by Gasteiger charge is 2.24. The second-order valence-corrected chi connectivity index (χ2v) is 7.47. The molecule has 0 radical (unpaired) electrons. The van der Waals surface area contributed by atoms with E-state index in [2.05, 4.69) is 15.9 Å². The summed E-state index contributed by atoms with van der Waals surface area (Å²) in [5.41, 5.74) is 5.87. The molecule has 0 spiro atoms. The average Bonchev–Trinajstić information content (AvgIpc) is 2.84. The van der Waals surface area contributed by atoms with Crippen molar-refractivity contribution in [1.29, 1.82) is 0 Å². The first-order valence-corrected chi connectivity index (χ1v) is 8.12. The number of likely N-dealkylation sites (tertiary alicyclic amines) is 1. The van der Waals surface area contributed by atoms with E-state index < -0.39 is 0 Å². The summed E-state index contributed by atoms with van der Waals surface area (Å²) in [5.74, 6) is -0.165. The van der Waals surface area contributed by atoms with E-state index in [0.29, 0.717) is 11.4 Å². The number of hydrogen-bond donors (Lipinski definition) is 1. The Hall–Kier alpha value is -0.920. The van der Waals surface area contributed by atoms with E-state index in [9.17, 15) is 9.59 Å². The molecule has 0 aliphatic carbocycles. The molecule has 0 saturated carbocycles. The van der Waals surface area contributed by atoms with Crippen molar-refractivity contribution in [2.24, 2.45) is 5.73 Å². The average molecular weight is 360 g/mol. The number of nitrogens with zero attached hydrogens (tertiary/aromatic N) is 2. The van der Waals surface area contributed by atoms with Gasteiger partial charge in [-0.3, -0.25) is 9.59 Å². The summed E-state index contributed by atoms with van der Waals surface area (Å²) < 4.78 is 0.905. The van der Waals surface area contributed by atoms with Crippen LogP contribution in [0, 0.1) is 0 Å². The molecular weight excluding hydrogens is 342 g/mol. The molecule has 1 fully saturated rings. The number of likely N-dealkylation sites (N-methyl/N-ethyl adjacent to an activating group) is 1. The maximum absolute atomic E-state index is 12.2. The van der Waals surface area contributed by atoms with Gasteiger partial charge in [0.05, 0.1) is 15.2 Å². The molecule has 2 rings (SSSR count). The van der Waals surface area contributed by atoms with Crippen molar-refractivity contribution in [2.75, 3.05) is 26.7 Å². The predicted octanol–water partition coefficient (Wildman–Crippen LogP) is 1.53. The molecule has 2 heterocycles. The molecule has 2 N–H and O–H groups in total. The fraction of sp³-hybridized carbons (Fsp3) is 0.538. The summed E-state index contributed by atoms with van der Waals surface area (Å²) in [6.07, 6.45) is 1.89. The number of carbonyl (C=O) groups excluding carboxylic acids is 2. The van der Waals surface area contributed by atoms with Gasteiger partial charge in [0.15, 0.2) is 0 Å². The first-order chi connectivity index (χ1) is 9.47. The molecule has 0 aromatic carbocycles. The molecule has 1 aliphatic heterocycles. The fourth-order valence-corrected chi connectivity index (χ4v) is 3.61. The largest absolute Gasteiger partial charge is 0.340 e. The molecule has 1 aliphatic rings. The molecule has 110 valence electrons. The monoisotopic (exact) mass is 359 g/mol. The fourth-order valence-electron chi connectivity index (χ4n) is 2.23. The maximum Gasteiger partial charge on any atom is 0.264 e. The van der Waals surface area contributed by atoms with Crippen LogP contribution in [0.3, 0.4) is 0 Å². The molecule has 1 unspecified atom stereocenters. The molecule has 7 heteroatoms. The molecule has 1 aromatic rings. The van der Waals surface area contributed by atoms with Crippen molar-refractivity contribution < 1.29 is 9.59 Å². The standard InChI is InChI=1S/C13H18BrN3O2S/c1-16(13(19)10-4-5-11(14)20-10)8-12(18)17-6-2-3-9(15)7-17/h4-5,9H,2-3,6-8,15H2,1H3. The van der Waals surface area contributed by atoms with Crippen LogP contribution in [-0.4, -0.2) is 54.3 Å². The zero-order valence-corrected chi connectivity index (χ0v) is 13.7. The summed E-state index contributed by atoms with van der Waals surface area (Å²) in [4.78, 5) is 28.2. The smallest absolute Gasteiger partial charge is 0.264 e. The van der Waals surface area contributed by atoms with Gasteiger partial charge in [0.25, 0.3) is 5.91 Å². The van der Waals surface area contributed by atoms with Crippen LogP contribution in [0.25, 0.3) is 0 Å². The summed E-state index contributed by atoms with van der Waals surface area (Å²) in [6, 6.07) is 3.65. The van der Waals surface area contributed by atoms with Crippen molar-refractivity contribution >= 4 is 39.1 Å². The van der Waals surface area contributed by atoms with Crippen molar-refractivity contribution in [2.45, 2.75) is 18.9 Å². The molecule has 5 nitrogen and oxygen atoms in total. The Balaban J connectivity index is 1.91. The van der Waals surface area contributed by atoms with E-state index >= 15 is 0 Å². The van der Waals surface area contributed by atoms with E-state index in [4.69, 9.17) is 5.73 Å². The van der Waals surface area contributed by atoms with E-state index in [-0.39, 0.29) is 24.4 Å². The number of rotatable bonds is 3. The summed E-state index contributed by atoms with van der Waals surface area (Å²) in [6.45, 7) is 1.42. The van der Waals surface area contributed by atoms with E-state index in [1.54, 1.807) is 18.0 Å². The minimum Gasteiger partial charge on any atom is -0.340 e. The quantitative estimate of drug-likeness (QED) is 0.889. The minimum absolute atomic E-state index is 0.0355. The Morgan fingerprint density at radius 3 is 2.90 bits per heavy atom. The third-order valence-corrected chi connectivity index (χ3v) is 4.93. The molecule has 0 bridgehead atoms. The lowest BCUT2D eigenvalue weighted by molar-refractivity contribution is -0.132. The molecule has 1 saturated heterocycles. The van der Waals surface area contributed by atoms with Crippen molar-refractivity contribution in [3.63, 3.8) is 0 Å². The van der Waals surface area contributed by atoms with Gasteiger partial charge >= 0.3 is 0 Å². The van der Waals surface area contributed by atoms with Crippen LogP contribution in [0.15, 0.2) is 15.9 Å². The Labute approximate surface area is 130 Å². The van der Waals surface area contributed by atoms with Gasteiger partial charge in [0.1, 0.15) is 0 Å². The minimum atomic E-state index is -0.129. The Morgan fingerprint density at radius 1 is 1.55 bits per heavy atom. The second kappa shape index (κ2) is 6.69.